The van der Waals surface area contributed by atoms with Crippen LogP contribution in [0, 0.1) is 17.0 Å². The molecule has 0 saturated carbocycles. The Morgan fingerprint density at radius 1 is 1.08 bits per heavy atom. The molecule has 7 heteroatoms. The van der Waals surface area contributed by atoms with Gasteiger partial charge in [0.05, 0.1) is 10.6 Å². The van der Waals surface area contributed by atoms with E-state index in [1.807, 2.05) is 12.1 Å². The fourth-order valence-corrected chi connectivity index (χ4v) is 4.70. The molecular formula is C17H18N2O4S. The number of nitro benzene ring substituents is 1. The molecule has 0 atom stereocenters. The first-order valence-corrected chi connectivity index (χ1v) is 9.26. The number of nitrogens with zero attached hydrogens (tertiary/aromatic N) is 1. The van der Waals surface area contributed by atoms with E-state index in [4.69, 9.17) is 0 Å². The summed E-state index contributed by atoms with van der Waals surface area (Å²) in [5, 5.41) is 11.2. The predicted molar refractivity (Wildman–Crippen MR) is 91.7 cm³/mol. The van der Waals surface area contributed by atoms with Gasteiger partial charge >= 0.3 is 0 Å². The van der Waals surface area contributed by atoms with Gasteiger partial charge in [-0.05, 0) is 55.4 Å². The Kier molecular flexibility index (Phi) is 4.28. The van der Waals surface area contributed by atoms with E-state index in [1.165, 1.54) is 12.1 Å². The molecule has 0 radical (unpaired) electrons. The zero-order valence-electron chi connectivity index (χ0n) is 13.3. The molecule has 126 valence electrons. The van der Waals surface area contributed by atoms with Gasteiger partial charge in [-0.1, -0.05) is 24.3 Å². The summed E-state index contributed by atoms with van der Waals surface area (Å²) in [5.74, 6) is 0. The molecule has 1 aliphatic carbocycles. The molecule has 0 spiro atoms. The maximum Gasteiger partial charge on any atom is 0.290 e. The minimum Gasteiger partial charge on any atom is -0.279 e. The zero-order chi connectivity index (χ0) is 17.3. The summed E-state index contributed by atoms with van der Waals surface area (Å²) in [6.07, 6.45) is 3.84. The van der Waals surface area contributed by atoms with Crippen LogP contribution in [0.2, 0.25) is 0 Å². The minimum atomic E-state index is -4.04. The van der Waals surface area contributed by atoms with Crippen molar-refractivity contribution in [2.24, 2.45) is 0 Å². The van der Waals surface area contributed by atoms with Gasteiger partial charge in [0.2, 0.25) is 0 Å². The average Bonchev–Trinajstić information content (AvgIpc) is 2.54. The molecule has 1 N–H and O–H groups in total. The highest BCUT2D eigenvalue weighted by molar-refractivity contribution is 7.93. The lowest BCUT2D eigenvalue weighted by molar-refractivity contribution is -0.387. The van der Waals surface area contributed by atoms with Crippen LogP contribution < -0.4 is 4.72 Å². The van der Waals surface area contributed by atoms with E-state index in [0.717, 1.165) is 36.8 Å². The van der Waals surface area contributed by atoms with Crippen molar-refractivity contribution in [1.29, 1.82) is 0 Å². The predicted octanol–water partition coefficient (Wildman–Crippen LogP) is 3.58. The summed E-state index contributed by atoms with van der Waals surface area (Å²) >= 11 is 0. The lowest BCUT2D eigenvalue weighted by Crippen LogP contribution is -2.18. The van der Waals surface area contributed by atoms with Crippen LogP contribution in [-0.4, -0.2) is 13.3 Å². The van der Waals surface area contributed by atoms with Crippen LogP contribution >= 0.6 is 0 Å². The lowest BCUT2D eigenvalue weighted by Gasteiger charge is -2.20. The van der Waals surface area contributed by atoms with E-state index in [1.54, 1.807) is 19.1 Å². The van der Waals surface area contributed by atoms with E-state index < -0.39 is 20.6 Å². The lowest BCUT2D eigenvalue weighted by atomic mass is 9.91. The molecule has 0 aromatic heterocycles. The van der Waals surface area contributed by atoms with Crippen LogP contribution in [0.3, 0.4) is 0 Å². The van der Waals surface area contributed by atoms with E-state index >= 15 is 0 Å². The molecule has 2 aromatic rings. The third kappa shape index (κ3) is 2.99. The van der Waals surface area contributed by atoms with Gasteiger partial charge in [-0.15, -0.1) is 0 Å². The number of nitrogens with one attached hydrogen (secondary N) is 1. The Balaban J connectivity index is 2.07. The normalized spacial score (nSPS) is 14.0. The van der Waals surface area contributed by atoms with Gasteiger partial charge in [0.1, 0.15) is 0 Å². The van der Waals surface area contributed by atoms with E-state index in [2.05, 4.69) is 4.72 Å². The second kappa shape index (κ2) is 6.24. The first-order chi connectivity index (χ1) is 11.4. The number of aryl methyl sites for hydroxylation is 2. The van der Waals surface area contributed by atoms with Gasteiger partial charge in [-0.2, -0.15) is 0 Å². The number of nitro groups is 1. The Morgan fingerprint density at radius 2 is 1.79 bits per heavy atom. The maximum absolute atomic E-state index is 12.8. The van der Waals surface area contributed by atoms with E-state index in [9.17, 15) is 18.5 Å². The molecule has 0 fully saturated rings. The van der Waals surface area contributed by atoms with Crippen LogP contribution in [-0.2, 0) is 22.9 Å². The van der Waals surface area contributed by atoms with Gasteiger partial charge in [0.15, 0.2) is 4.90 Å². The second-order valence-corrected chi connectivity index (χ2v) is 7.56. The molecule has 3 rings (SSSR count). The number of fused-ring (bicyclic) bond motifs is 1. The van der Waals surface area contributed by atoms with Gasteiger partial charge in [0.25, 0.3) is 15.7 Å². The molecule has 0 aliphatic heterocycles. The van der Waals surface area contributed by atoms with Gasteiger partial charge < -0.3 is 0 Å². The SMILES string of the molecule is Cc1cccc([N+](=O)[O-])c1S(=O)(=O)Nc1cccc2c1CCCC2. The number of rotatable bonds is 4. The van der Waals surface area contributed by atoms with Crippen molar-refractivity contribution in [2.45, 2.75) is 37.5 Å². The molecule has 24 heavy (non-hydrogen) atoms. The number of benzene rings is 2. The van der Waals surface area contributed by atoms with Crippen molar-refractivity contribution < 1.29 is 13.3 Å². The molecule has 0 saturated heterocycles. The summed E-state index contributed by atoms with van der Waals surface area (Å²) in [5.41, 5.74) is 2.59. The smallest absolute Gasteiger partial charge is 0.279 e. The molecule has 1 aliphatic rings. The zero-order valence-corrected chi connectivity index (χ0v) is 14.1. The average molecular weight is 346 g/mol. The number of hydrogen-bond acceptors (Lipinski definition) is 4. The molecule has 0 unspecified atom stereocenters. The van der Waals surface area contributed by atoms with Crippen LogP contribution in [0.5, 0.6) is 0 Å². The van der Waals surface area contributed by atoms with Crippen LogP contribution in [0.1, 0.15) is 29.5 Å². The molecule has 0 amide bonds. The summed E-state index contributed by atoms with van der Waals surface area (Å²) < 4.78 is 28.2. The minimum absolute atomic E-state index is 0.275. The first kappa shape index (κ1) is 16.4. The Morgan fingerprint density at radius 3 is 2.54 bits per heavy atom. The fourth-order valence-electron chi connectivity index (χ4n) is 3.20. The second-order valence-electron chi connectivity index (χ2n) is 5.94. The maximum atomic E-state index is 12.8. The topological polar surface area (TPSA) is 89.3 Å². The first-order valence-electron chi connectivity index (χ1n) is 7.78. The standard InChI is InChI=1S/C17H18N2O4S/c1-12-6-4-11-16(19(20)21)17(12)24(22,23)18-15-10-5-8-13-7-2-3-9-14(13)15/h4-6,8,10-11,18H,2-3,7,9H2,1H3. The summed E-state index contributed by atoms with van der Waals surface area (Å²) in [4.78, 5) is 10.3. The third-order valence-electron chi connectivity index (χ3n) is 4.30. The van der Waals surface area contributed by atoms with Gasteiger partial charge in [-0.3, -0.25) is 14.8 Å². The van der Waals surface area contributed by atoms with Crippen molar-refractivity contribution in [3.63, 3.8) is 0 Å². The summed E-state index contributed by atoms with van der Waals surface area (Å²) in [6, 6.07) is 9.78. The highest BCUT2D eigenvalue weighted by Gasteiger charge is 2.28. The van der Waals surface area contributed by atoms with Crippen molar-refractivity contribution in [2.75, 3.05) is 4.72 Å². The molecular weight excluding hydrogens is 328 g/mol. The van der Waals surface area contributed by atoms with Crippen LogP contribution in [0.25, 0.3) is 0 Å². The fraction of sp³-hybridized carbons (Fsp3) is 0.294. The quantitative estimate of drug-likeness (QED) is 0.677. The third-order valence-corrected chi connectivity index (χ3v) is 5.85. The van der Waals surface area contributed by atoms with Gasteiger partial charge in [-0.25, -0.2) is 8.42 Å². The Hall–Kier alpha value is -2.41. The van der Waals surface area contributed by atoms with Gasteiger partial charge in [0, 0.05) is 6.07 Å². The Labute approximate surface area is 140 Å². The van der Waals surface area contributed by atoms with Crippen molar-refractivity contribution in [3.8, 4) is 0 Å². The van der Waals surface area contributed by atoms with Crippen LogP contribution in [0.4, 0.5) is 11.4 Å². The summed E-state index contributed by atoms with van der Waals surface area (Å²) in [6.45, 7) is 1.56. The molecule has 0 heterocycles. The number of hydrogen-bond donors (Lipinski definition) is 1. The Bertz CT molecular complexity index is 907. The highest BCUT2D eigenvalue weighted by Crippen LogP contribution is 2.32. The van der Waals surface area contributed by atoms with Crippen molar-refractivity contribution in [3.05, 3.63) is 63.2 Å². The van der Waals surface area contributed by atoms with E-state index in [-0.39, 0.29) is 4.90 Å². The highest BCUT2D eigenvalue weighted by atomic mass is 32.2. The molecule has 0 bridgehead atoms. The number of sulfonamides is 1. The monoisotopic (exact) mass is 346 g/mol. The largest absolute Gasteiger partial charge is 0.290 e. The van der Waals surface area contributed by atoms with E-state index in [0.29, 0.717) is 11.3 Å². The van der Waals surface area contributed by atoms with Crippen LogP contribution in [0.15, 0.2) is 41.3 Å². The molecule has 2 aromatic carbocycles. The van der Waals surface area contributed by atoms with Crippen molar-refractivity contribution >= 4 is 21.4 Å². The molecule has 6 nitrogen and oxygen atoms in total. The number of anilines is 1. The van der Waals surface area contributed by atoms with Crippen molar-refractivity contribution in [1.82, 2.24) is 0 Å². The summed E-state index contributed by atoms with van der Waals surface area (Å²) in [7, 11) is -4.04.